The molecule has 0 fully saturated rings. The highest BCUT2D eigenvalue weighted by atomic mass is 35.5. The van der Waals surface area contributed by atoms with Gasteiger partial charge in [-0.05, 0) is 43.7 Å². The van der Waals surface area contributed by atoms with Gasteiger partial charge in [0.1, 0.15) is 11.0 Å². The molecule has 0 spiro atoms. The maximum atomic E-state index is 12.3. The summed E-state index contributed by atoms with van der Waals surface area (Å²) in [6.07, 6.45) is 0.897. The van der Waals surface area contributed by atoms with Gasteiger partial charge in [0.2, 0.25) is 0 Å². The number of amides is 1. The van der Waals surface area contributed by atoms with E-state index < -0.39 is 0 Å². The molecule has 5 nitrogen and oxygen atoms in total. The number of hydrogen-bond acceptors (Lipinski definition) is 4. The topological polar surface area (TPSA) is 60.5 Å². The van der Waals surface area contributed by atoms with Gasteiger partial charge in [-0.25, -0.2) is 4.98 Å². The lowest BCUT2D eigenvalue weighted by Gasteiger charge is -2.13. The quantitative estimate of drug-likeness (QED) is 0.772. The summed E-state index contributed by atoms with van der Waals surface area (Å²) in [5, 5.41) is 3.02. The molecule has 6 heteroatoms. The molecule has 0 unspecified atom stereocenters. The Morgan fingerprint density at radius 1 is 1.17 bits per heavy atom. The highest BCUT2D eigenvalue weighted by Gasteiger charge is 2.12. The van der Waals surface area contributed by atoms with E-state index in [4.69, 9.17) is 21.1 Å². The summed E-state index contributed by atoms with van der Waals surface area (Å²) in [7, 11) is 0. The second kappa shape index (κ2) is 8.39. The van der Waals surface area contributed by atoms with E-state index in [0.717, 1.165) is 6.42 Å². The van der Waals surface area contributed by atoms with E-state index in [2.05, 4.69) is 10.3 Å². The van der Waals surface area contributed by atoms with Crippen LogP contribution in [-0.2, 0) is 0 Å². The minimum atomic E-state index is -0.289. The predicted octanol–water partition coefficient (Wildman–Crippen LogP) is 4.17. The first-order chi connectivity index (χ1) is 11.1. The molecule has 1 N–H and O–H groups in total. The van der Waals surface area contributed by atoms with Gasteiger partial charge in [-0.15, -0.1) is 0 Å². The summed E-state index contributed by atoms with van der Waals surface area (Å²) >= 11 is 5.81. The third kappa shape index (κ3) is 4.86. The monoisotopic (exact) mass is 334 g/mol. The van der Waals surface area contributed by atoms with Crippen molar-refractivity contribution in [2.75, 3.05) is 18.5 Å². The number of hydrogen-bond donors (Lipinski definition) is 1. The third-order valence-corrected chi connectivity index (χ3v) is 3.13. The molecule has 2 aromatic rings. The van der Waals surface area contributed by atoms with E-state index in [9.17, 15) is 4.79 Å². The molecule has 23 heavy (non-hydrogen) atoms. The lowest BCUT2D eigenvalue weighted by Crippen LogP contribution is -2.13. The minimum absolute atomic E-state index is 0.289. The number of carbonyl (C=O) groups excluding carboxylic acids is 1. The van der Waals surface area contributed by atoms with Crippen LogP contribution in [0.15, 0.2) is 36.4 Å². The Bertz CT molecular complexity index is 677. The average molecular weight is 335 g/mol. The van der Waals surface area contributed by atoms with Gasteiger partial charge in [0.05, 0.1) is 13.2 Å². The van der Waals surface area contributed by atoms with Gasteiger partial charge in [0.15, 0.2) is 11.5 Å². The zero-order chi connectivity index (χ0) is 16.7. The molecular formula is C17H19ClN2O3. The Balaban J connectivity index is 2.17. The highest BCUT2D eigenvalue weighted by molar-refractivity contribution is 6.29. The molecule has 122 valence electrons. The van der Waals surface area contributed by atoms with Crippen LogP contribution < -0.4 is 14.8 Å². The van der Waals surface area contributed by atoms with Crippen molar-refractivity contribution in [3.8, 4) is 11.5 Å². The Kier molecular flexibility index (Phi) is 6.23. The molecule has 0 bridgehead atoms. The van der Waals surface area contributed by atoms with E-state index in [0.29, 0.717) is 41.2 Å². The predicted molar refractivity (Wildman–Crippen MR) is 90.6 cm³/mol. The van der Waals surface area contributed by atoms with Crippen molar-refractivity contribution in [3.63, 3.8) is 0 Å². The summed E-state index contributed by atoms with van der Waals surface area (Å²) < 4.78 is 11.2. The number of ether oxygens (including phenoxy) is 2. The van der Waals surface area contributed by atoms with Gasteiger partial charge in [0, 0.05) is 5.56 Å². The molecule has 0 aliphatic heterocycles. The van der Waals surface area contributed by atoms with Gasteiger partial charge in [-0.1, -0.05) is 24.6 Å². The van der Waals surface area contributed by atoms with Crippen LogP contribution in [0.1, 0.15) is 30.6 Å². The van der Waals surface area contributed by atoms with Crippen molar-refractivity contribution in [2.24, 2.45) is 0 Å². The first-order valence-electron chi connectivity index (χ1n) is 7.47. The Labute approximate surface area is 140 Å². The van der Waals surface area contributed by atoms with Gasteiger partial charge in [0.25, 0.3) is 5.91 Å². The number of nitrogens with one attached hydrogen (secondary N) is 1. The second-order valence-electron chi connectivity index (χ2n) is 4.74. The molecule has 2 rings (SSSR count). The zero-order valence-corrected chi connectivity index (χ0v) is 13.9. The van der Waals surface area contributed by atoms with Crippen LogP contribution in [0, 0.1) is 0 Å². The third-order valence-electron chi connectivity index (χ3n) is 2.92. The van der Waals surface area contributed by atoms with Crippen molar-refractivity contribution in [1.29, 1.82) is 0 Å². The number of carbonyl (C=O) groups is 1. The van der Waals surface area contributed by atoms with Crippen LogP contribution in [0.5, 0.6) is 11.5 Å². The highest BCUT2D eigenvalue weighted by Crippen LogP contribution is 2.29. The fraction of sp³-hybridized carbons (Fsp3) is 0.294. The Morgan fingerprint density at radius 2 is 2.00 bits per heavy atom. The number of anilines is 1. The van der Waals surface area contributed by atoms with Gasteiger partial charge >= 0.3 is 0 Å². The van der Waals surface area contributed by atoms with Crippen LogP contribution in [0.25, 0.3) is 0 Å². The van der Waals surface area contributed by atoms with Gasteiger partial charge in [-0.3, -0.25) is 4.79 Å². The fourth-order valence-electron chi connectivity index (χ4n) is 1.92. The van der Waals surface area contributed by atoms with Crippen molar-refractivity contribution < 1.29 is 14.3 Å². The lowest BCUT2D eigenvalue weighted by molar-refractivity contribution is 0.102. The minimum Gasteiger partial charge on any atom is -0.490 e. The molecule has 1 aromatic carbocycles. The largest absolute Gasteiger partial charge is 0.490 e. The first-order valence-corrected chi connectivity index (χ1v) is 7.85. The summed E-state index contributed by atoms with van der Waals surface area (Å²) in [5.74, 6) is 1.29. The molecule has 0 aliphatic carbocycles. The van der Waals surface area contributed by atoms with E-state index in [-0.39, 0.29) is 5.91 Å². The smallest absolute Gasteiger partial charge is 0.256 e. The number of rotatable bonds is 7. The van der Waals surface area contributed by atoms with Crippen LogP contribution in [-0.4, -0.2) is 24.1 Å². The number of nitrogens with zero attached hydrogens (tertiary/aromatic N) is 1. The molecule has 0 aliphatic rings. The number of pyridine rings is 1. The van der Waals surface area contributed by atoms with Crippen molar-refractivity contribution >= 4 is 23.3 Å². The molecule has 0 radical (unpaired) electrons. The van der Waals surface area contributed by atoms with Crippen LogP contribution in [0.2, 0.25) is 5.15 Å². The van der Waals surface area contributed by atoms with Crippen LogP contribution >= 0.6 is 11.6 Å². The maximum absolute atomic E-state index is 12.3. The summed E-state index contributed by atoms with van der Waals surface area (Å²) in [5.41, 5.74) is 0.457. The van der Waals surface area contributed by atoms with E-state index in [1.807, 2.05) is 13.8 Å². The Hall–Kier alpha value is -2.27. The van der Waals surface area contributed by atoms with Crippen molar-refractivity contribution in [3.05, 3.63) is 47.1 Å². The van der Waals surface area contributed by atoms with Crippen molar-refractivity contribution in [1.82, 2.24) is 4.98 Å². The van der Waals surface area contributed by atoms with E-state index >= 15 is 0 Å². The van der Waals surface area contributed by atoms with Crippen LogP contribution in [0.4, 0.5) is 5.82 Å². The summed E-state index contributed by atoms with van der Waals surface area (Å²) in [4.78, 5) is 16.3. The van der Waals surface area contributed by atoms with Crippen LogP contribution in [0.3, 0.4) is 0 Å². The maximum Gasteiger partial charge on any atom is 0.256 e. The molecular weight excluding hydrogens is 316 g/mol. The number of benzene rings is 1. The lowest BCUT2D eigenvalue weighted by atomic mass is 10.2. The van der Waals surface area contributed by atoms with Gasteiger partial charge < -0.3 is 14.8 Å². The Morgan fingerprint density at radius 3 is 2.70 bits per heavy atom. The normalized spacial score (nSPS) is 10.2. The molecule has 1 aromatic heterocycles. The fourth-order valence-corrected chi connectivity index (χ4v) is 2.08. The number of aromatic nitrogens is 1. The number of halogens is 1. The standard InChI is InChI=1S/C17H19ClN2O3/c1-3-10-23-13-9-8-12(11-14(13)22-4-2)17(21)20-16-7-5-6-15(18)19-16/h5-9,11H,3-4,10H2,1-2H3,(H,19,20,21). The first kappa shape index (κ1) is 17.1. The average Bonchev–Trinajstić information content (AvgIpc) is 2.54. The van der Waals surface area contributed by atoms with Gasteiger partial charge in [-0.2, -0.15) is 0 Å². The molecule has 1 heterocycles. The summed E-state index contributed by atoms with van der Waals surface area (Å²) in [6, 6.07) is 10.1. The van der Waals surface area contributed by atoms with E-state index in [1.165, 1.54) is 0 Å². The second-order valence-corrected chi connectivity index (χ2v) is 5.13. The molecule has 0 atom stereocenters. The van der Waals surface area contributed by atoms with E-state index in [1.54, 1.807) is 36.4 Å². The molecule has 0 saturated carbocycles. The molecule has 0 saturated heterocycles. The summed E-state index contributed by atoms with van der Waals surface area (Å²) in [6.45, 7) is 4.99. The molecule has 1 amide bonds. The van der Waals surface area contributed by atoms with Crippen molar-refractivity contribution in [2.45, 2.75) is 20.3 Å². The SMILES string of the molecule is CCCOc1ccc(C(=O)Nc2cccc(Cl)n2)cc1OCC. The zero-order valence-electron chi connectivity index (χ0n) is 13.1.